The van der Waals surface area contributed by atoms with Crippen LogP contribution in [0.3, 0.4) is 0 Å². The number of ether oxygens (including phenoxy) is 2. The number of hydrogen-bond acceptors (Lipinski definition) is 9. The second kappa shape index (κ2) is 15.5. The molecule has 0 aliphatic carbocycles. The van der Waals surface area contributed by atoms with Crippen LogP contribution in [0.25, 0.3) is 0 Å². The predicted octanol–water partition coefficient (Wildman–Crippen LogP) is 3.71. The highest BCUT2D eigenvalue weighted by atomic mass is 32.2. The van der Waals surface area contributed by atoms with Crippen LogP contribution in [0.5, 0.6) is 0 Å². The highest BCUT2D eigenvalue weighted by molar-refractivity contribution is 7.99. The molecule has 214 valence electrons. The maximum atomic E-state index is 12.2. The Morgan fingerprint density at radius 2 is 1.65 bits per heavy atom. The number of aromatic amines is 1. The minimum Gasteiger partial charge on any atom is -0.392 e. The average Bonchev–Trinajstić information content (AvgIpc) is 3.53. The molecule has 1 aliphatic rings. The summed E-state index contributed by atoms with van der Waals surface area (Å²) in [5.41, 5.74) is 5.32. The molecule has 1 aromatic heterocycles. The van der Waals surface area contributed by atoms with Gasteiger partial charge in [-0.2, -0.15) is 5.10 Å². The van der Waals surface area contributed by atoms with Gasteiger partial charge in [0.15, 0.2) is 11.4 Å². The Hall–Kier alpha value is -3.29. The van der Waals surface area contributed by atoms with Crippen molar-refractivity contribution in [3.8, 4) is 0 Å². The average molecular weight is 570 g/mol. The van der Waals surface area contributed by atoms with Gasteiger partial charge in [0.25, 0.3) is 0 Å². The third kappa shape index (κ3) is 9.14. The van der Waals surface area contributed by atoms with E-state index < -0.39 is 12.2 Å². The van der Waals surface area contributed by atoms with E-state index in [0.29, 0.717) is 38.0 Å². The van der Waals surface area contributed by atoms with Crippen molar-refractivity contribution < 1.29 is 29.4 Å². The molecule has 40 heavy (non-hydrogen) atoms. The van der Waals surface area contributed by atoms with Crippen molar-refractivity contribution in [3.05, 3.63) is 77.1 Å². The maximum Gasteiger partial charge on any atom is 0.243 e. The standard InChI is InChI=1S/C28H35N5O6S/c34-16-20-8-10-21(11-9-20)24-14-23(17-40-28-30-18-31-32-28)38-27(39-24)22-12-6-19(7-13-22)15-29-25(35)4-2-1-3-5-26(36)33-37/h6-13,18,23-24,27,34,37H,1-5,14-17H2,(H,29,35)(H,33,36)(H,30,31,32). The summed E-state index contributed by atoms with van der Waals surface area (Å²) in [4.78, 5) is 27.4. The Balaban J connectivity index is 1.31. The second-order valence-corrected chi connectivity index (χ2v) is 10.6. The minimum atomic E-state index is -0.562. The number of nitrogens with one attached hydrogen (secondary N) is 3. The summed E-state index contributed by atoms with van der Waals surface area (Å²) < 4.78 is 12.7. The maximum absolute atomic E-state index is 12.2. The molecule has 0 saturated carbocycles. The van der Waals surface area contributed by atoms with Crippen LogP contribution in [-0.2, 0) is 32.2 Å². The number of aliphatic hydroxyl groups is 1. The van der Waals surface area contributed by atoms with Gasteiger partial charge in [0.1, 0.15) is 6.33 Å². The number of thioether (sulfide) groups is 1. The van der Waals surface area contributed by atoms with E-state index in [0.717, 1.165) is 33.8 Å². The van der Waals surface area contributed by atoms with Crippen LogP contribution >= 0.6 is 11.8 Å². The van der Waals surface area contributed by atoms with Crippen LogP contribution in [0.4, 0.5) is 0 Å². The van der Waals surface area contributed by atoms with Gasteiger partial charge < -0.3 is 19.9 Å². The molecule has 0 bridgehead atoms. The van der Waals surface area contributed by atoms with Gasteiger partial charge in [-0.15, -0.1) is 0 Å². The molecule has 2 aromatic carbocycles. The summed E-state index contributed by atoms with van der Waals surface area (Å²) in [5, 5.41) is 28.3. The molecule has 3 atom stereocenters. The molecule has 12 heteroatoms. The van der Waals surface area contributed by atoms with Gasteiger partial charge in [0.05, 0.1) is 18.8 Å². The molecular formula is C28H35N5O6S. The number of benzene rings is 2. The van der Waals surface area contributed by atoms with E-state index in [2.05, 4.69) is 20.5 Å². The highest BCUT2D eigenvalue weighted by Crippen LogP contribution is 2.39. The number of carbonyl (C=O) groups is 2. The molecule has 1 fully saturated rings. The van der Waals surface area contributed by atoms with Gasteiger partial charge in [0.2, 0.25) is 11.8 Å². The first-order chi connectivity index (χ1) is 19.5. The van der Waals surface area contributed by atoms with Crippen molar-refractivity contribution in [2.75, 3.05) is 5.75 Å². The number of H-pyrrole nitrogens is 1. The second-order valence-electron chi connectivity index (χ2n) is 9.57. The van der Waals surface area contributed by atoms with Gasteiger partial charge in [-0.25, -0.2) is 10.5 Å². The van der Waals surface area contributed by atoms with Crippen LogP contribution < -0.4 is 10.8 Å². The summed E-state index contributed by atoms with van der Waals surface area (Å²) in [6, 6.07) is 15.6. The first kappa shape index (κ1) is 29.7. The number of nitrogens with zero attached hydrogens (tertiary/aromatic N) is 2. The number of amides is 2. The van der Waals surface area contributed by atoms with Crippen molar-refractivity contribution in [3.63, 3.8) is 0 Å². The molecule has 1 saturated heterocycles. The van der Waals surface area contributed by atoms with Crippen molar-refractivity contribution in [2.45, 2.75) is 75.3 Å². The van der Waals surface area contributed by atoms with Crippen LogP contribution in [0, 0.1) is 0 Å². The number of rotatable bonds is 14. The third-order valence-electron chi connectivity index (χ3n) is 6.59. The Labute approximate surface area is 237 Å². The molecule has 2 amide bonds. The molecule has 4 rings (SSSR count). The number of aromatic nitrogens is 3. The lowest BCUT2D eigenvalue weighted by Gasteiger charge is -2.36. The molecule has 0 radical (unpaired) electrons. The molecule has 3 unspecified atom stereocenters. The molecule has 1 aliphatic heterocycles. The highest BCUT2D eigenvalue weighted by Gasteiger charge is 2.32. The molecular weight excluding hydrogens is 534 g/mol. The zero-order valence-electron chi connectivity index (χ0n) is 22.1. The zero-order valence-corrected chi connectivity index (χ0v) is 22.9. The van der Waals surface area contributed by atoms with Gasteiger partial charge in [-0.1, -0.05) is 66.7 Å². The fraction of sp³-hybridized carbons (Fsp3) is 0.429. The summed E-state index contributed by atoms with van der Waals surface area (Å²) in [5.74, 6) is 0.223. The Morgan fingerprint density at radius 1 is 0.950 bits per heavy atom. The quantitative estimate of drug-likeness (QED) is 0.0844. The van der Waals surface area contributed by atoms with Gasteiger partial charge in [-0.3, -0.25) is 19.9 Å². The zero-order chi connectivity index (χ0) is 28.2. The number of carbonyl (C=O) groups excluding carboxylic acids is 2. The number of aliphatic hydroxyl groups excluding tert-OH is 1. The lowest BCUT2D eigenvalue weighted by atomic mass is 10.0. The normalized spacial score (nSPS) is 18.8. The van der Waals surface area contributed by atoms with Crippen molar-refractivity contribution in [1.82, 2.24) is 26.0 Å². The van der Waals surface area contributed by atoms with Crippen molar-refractivity contribution in [2.24, 2.45) is 0 Å². The van der Waals surface area contributed by atoms with Crippen LogP contribution in [0.1, 0.15) is 73.2 Å². The predicted molar refractivity (Wildman–Crippen MR) is 147 cm³/mol. The monoisotopic (exact) mass is 569 g/mol. The van der Waals surface area contributed by atoms with E-state index in [4.69, 9.17) is 14.7 Å². The first-order valence-corrected chi connectivity index (χ1v) is 14.3. The lowest BCUT2D eigenvalue weighted by molar-refractivity contribution is -0.245. The molecule has 2 heterocycles. The third-order valence-corrected chi connectivity index (χ3v) is 7.60. The number of hydroxylamine groups is 1. The molecule has 11 nitrogen and oxygen atoms in total. The SMILES string of the molecule is O=C(CCCCCC(=O)NCc1ccc(C2OC(CSc3ncn[nH]3)CC(c3ccc(CO)cc3)O2)cc1)NO. The summed E-state index contributed by atoms with van der Waals surface area (Å²) in [6.45, 7) is 0.404. The van der Waals surface area contributed by atoms with E-state index in [-0.39, 0.29) is 31.1 Å². The van der Waals surface area contributed by atoms with Gasteiger partial charge in [-0.05, 0) is 29.5 Å². The van der Waals surface area contributed by atoms with E-state index >= 15 is 0 Å². The first-order valence-electron chi connectivity index (χ1n) is 13.3. The van der Waals surface area contributed by atoms with Gasteiger partial charge in [0, 0.05) is 37.1 Å². The van der Waals surface area contributed by atoms with E-state index in [1.165, 1.54) is 6.33 Å². The number of hydrogen-bond donors (Lipinski definition) is 5. The largest absolute Gasteiger partial charge is 0.392 e. The van der Waals surface area contributed by atoms with Crippen LogP contribution in [0.15, 0.2) is 60.0 Å². The van der Waals surface area contributed by atoms with Crippen molar-refractivity contribution >= 4 is 23.6 Å². The Kier molecular flexibility index (Phi) is 11.5. The topological polar surface area (TPSA) is 159 Å². The van der Waals surface area contributed by atoms with Crippen LogP contribution in [0.2, 0.25) is 0 Å². The minimum absolute atomic E-state index is 0.00764. The molecule has 0 spiro atoms. The van der Waals surface area contributed by atoms with E-state index in [1.807, 2.05) is 48.5 Å². The summed E-state index contributed by atoms with van der Waals surface area (Å²) in [6.07, 6.45) is 4.00. The number of unbranched alkanes of at least 4 members (excludes halogenated alkanes) is 2. The Bertz CT molecular complexity index is 1190. The summed E-state index contributed by atoms with van der Waals surface area (Å²) in [7, 11) is 0. The fourth-order valence-corrected chi connectivity index (χ4v) is 5.14. The summed E-state index contributed by atoms with van der Waals surface area (Å²) >= 11 is 1.55. The van der Waals surface area contributed by atoms with E-state index in [9.17, 15) is 14.7 Å². The van der Waals surface area contributed by atoms with E-state index in [1.54, 1.807) is 17.2 Å². The lowest BCUT2D eigenvalue weighted by Crippen LogP contribution is -2.31. The molecule has 5 N–H and O–H groups in total. The molecule has 3 aromatic rings. The van der Waals surface area contributed by atoms with Crippen LogP contribution in [-0.4, -0.2) is 49.2 Å². The smallest absolute Gasteiger partial charge is 0.243 e. The fourth-order valence-electron chi connectivity index (χ4n) is 4.34. The van der Waals surface area contributed by atoms with Crippen molar-refractivity contribution in [1.29, 1.82) is 0 Å². The Morgan fingerprint density at radius 3 is 2.33 bits per heavy atom. The van der Waals surface area contributed by atoms with Gasteiger partial charge >= 0.3 is 0 Å².